The topological polar surface area (TPSA) is 29.3 Å². The van der Waals surface area contributed by atoms with Crippen LogP contribution in [0.1, 0.15) is 12.0 Å². The zero-order valence-corrected chi connectivity index (χ0v) is 11.4. The lowest BCUT2D eigenvalue weighted by Crippen LogP contribution is -2.19. The highest BCUT2D eigenvalue weighted by Crippen LogP contribution is 2.14. The van der Waals surface area contributed by atoms with E-state index in [1.165, 1.54) is 17.9 Å². The molecule has 0 unspecified atom stereocenters. The van der Waals surface area contributed by atoms with E-state index in [0.29, 0.717) is 4.99 Å². The molecule has 88 valence electrons. The maximum absolute atomic E-state index is 5.55. The van der Waals surface area contributed by atoms with Crippen molar-refractivity contribution in [2.75, 3.05) is 30.5 Å². The van der Waals surface area contributed by atoms with Crippen molar-refractivity contribution in [2.45, 2.75) is 6.42 Å². The lowest BCUT2D eigenvalue weighted by atomic mass is 10.2. The maximum atomic E-state index is 5.55. The first-order chi connectivity index (χ1) is 7.65. The minimum Gasteiger partial charge on any atom is -0.389 e. The van der Waals surface area contributed by atoms with Crippen LogP contribution in [0.2, 0.25) is 0 Å². The molecule has 0 aliphatic heterocycles. The number of anilines is 1. The van der Waals surface area contributed by atoms with Crippen LogP contribution in [-0.4, -0.2) is 30.6 Å². The minimum atomic E-state index is 0.455. The van der Waals surface area contributed by atoms with Crippen molar-refractivity contribution in [3.8, 4) is 0 Å². The van der Waals surface area contributed by atoms with Gasteiger partial charge in [0.05, 0.1) is 0 Å². The van der Waals surface area contributed by atoms with E-state index < -0.39 is 0 Å². The molecule has 0 aliphatic carbocycles. The second-order valence-corrected chi connectivity index (χ2v) is 5.10. The van der Waals surface area contributed by atoms with E-state index in [2.05, 4.69) is 30.3 Å². The maximum Gasteiger partial charge on any atom is 0.103 e. The summed E-state index contributed by atoms with van der Waals surface area (Å²) < 4.78 is 0. The van der Waals surface area contributed by atoms with Gasteiger partial charge in [-0.3, -0.25) is 0 Å². The summed E-state index contributed by atoms with van der Waals surface area (Å²) in [6, 6.07) is 8.08. The molecule has 0 saturated carbocycles. The smallest absolute Gasteiger partial charge is 0.103 e. The van der Waals surface area contributed by atoms with Gasteiger partial charge in [-0.1, -0.05) is 12.2 Å². The van der Waals surface area contributed by atoms with Crippen LogP contribution in [0.4, 0.5) is 5.69 Å². The van der Waals surface area contributed by atoms with Crippen LogP contribution in [0.5, 0.6) is 0 Å². The number of hydrogen-bond acceptors (Lipinski definition) is 3. The van der Waals surface area contributed by atoms with E-state index in [1.807, 2.05) is 23.9 Å². The molecular weight excluding hydrogens is 236 g/mol. The molecule has 0 aromatic heterocycles. The number of hydrogen-bond donors (Lipinski definition) is 1. The molecule has 1 aromatic rings. The molecule has 0 atom stereocenters. The molecule has 0 amide bonds. The first kappa shape index (κ1) is 13.3. The summed E-state index contributed by atoms with van der Waals surface area (Å²) in [4.78, 5) is 2.70. The summed E-state index contributed by atoms with van der Waals surface area (Å²) in [5.74, 6) is 1.20. The van der Waals surface area contributed by atoms with E-state index in [9.17, 15) is 0 Å². The molecule has 1 aromatic carbocycles. The third kappa shape index (κ3) is 4.02. The average Bonchev–Trinajstić information content (AvgIpc) is 2.29. The number of nitrogens with two attached hydrogens (primary N) is 1. The standard InChI is InChI=1S/C12H18N2S2/c1-14(8-3-9-16-2)11-6-4-10(5-7-11)12(13)15/h4-7H,3,8-9H2,1-2H3,(H2,13,15). The zero-order chi connectivity index (χ0) is 12.0. The zero-order valence-electron chi connectivity index (χ0n) is 9.77. The van der Waals surface area contributed by atoms with Crippen molar-refractivity contribution in [2.24, 2.45) is 5.73 Å². The van der Waals surface area contributed by atoms with Crippen LogP contribution in [-0.2, 0) is 0 Å². The summed E-state index contributed by atoms with van der Waals surface area (Å²) in [5.41, 5.74) is 7.69. The quantitative estimate of drug-likeness (QED) is 0.624. The summed E-state index contributed by atoms with van der Waals surface area (Å²) in [6.45, 7) is 1.08. The lowest BCUT2D eigenvalue weighted by molar-refractivity contribution is 0.860. The second-order valence-electron chi connectivity index (χ2n) is 3.68. The molecule has 16 heavy (non-hydrogen) atoms. The Bertz CT molecular complexity index is 335. The van der Waals surface area contributed by atoms with E-state index >= 15 is 0 Å². The van der Waals surface area contributed by atoms with Crippen LogP contribution in [0.25, 0.3) is 0 Å². The fourth-order valence-corrected chi connectivity index (χ4v) is 2.01. The van der Waals surface area contributed by atoms with Crippen molar-refractivity contribution in [3.63, 3.8) is 0 Å². The predicted octanol–water partition coefficient (Wildman–Crippen LogP) is 2.51. The van der Waals surface area contributed by atoms with Gasteiger partial charge in [0.2, 0.25) is 0 Å². The van der Waals surface area contributed by atoms with Crippen LogP contribution in [0.15, 0.2) is 24.3 Å². The molecule has 0 aliphatic rings. The van der Waals surface area contributed by atoms with Gasteiger partial charge in [0, 0.05) is 24.8 Å². The molecule has 0 radical (unpaired) electrons. The first-order valence-corrected chi connectivity index (χ1v) is 7.05. The molecule has 0 fully saturated rings. The Morgan fingerprint density at radius 2 is 2.00 bits per heavy atom. The Morgan fingerprint density at radius 3 is 2.50 bits per heavy atom. The Balaban J connectivity index is 2.56. The van der Waals surface area contributed by atoms with Crippen LogP contribution in [0, 0.1) is 0 Å². The van der Waals surface area contributed by atoms with Gasteiger partial charge >= 0.3 is 0 Å². The highest BCUT2D eigenvalue weighted by atomic mass is 32.2. The Morgan fingerprint density at radius 1 is 1.38 bits per heavy atom. The SMILES string of the molecule is CSCCCN(C)c1ccc(C(N)=S)cc1. The second kappa shape index (κ2) is 6.76. The fourth-order valence-electron chi connectivity index (χ4n) is 1.46. The average molecular weight is 254 g/mol. The third-order valence-electron chi connectivity index (χ3n) is 2.43. The van der Waals surface area contributed by atoms with Gasteiger partial charge in [-0.15, -0.1) is 0 Å². The monoisotopic (exact) mass is 254 g/mol. The highest BCUT2D eigenvalue weighted by molar-refractivity contribution is 7.98. The molecule has 1 rings (SSSR count). The minimum absolute atomic E-state index is 0.455. The Hall–Kier alpha value is -0.740. The van der Waals surface area contributed by atoms with Gasteiger partial charge in [0.25, 0.3) is 0 Å². The predicted molar refractivity (Wildman–Crippen MR) is 78.6 cm³/mol. The molecule has 0 bridgehead atoms. The van der Waals surface area contributed by atoms with Gasteiger partial charge in [-0.25, -0.2) is 0 Å². The molecule has 0 spiro atoms. The largest absolute Gasteiger partial charge is 0.389 e. The van der Waals surface area contributed by atoms with Crippen LogP contribution in [0.3, 0.4) is 0 Å². The summed E-state index contributed by atoms with van der Waals surface area (Å²) in [6.07, 6.45) is 3.34. The normalized spacial score (nSPS) is 10.1. The molecule has 0 heterocycles. The van der Waals surface area contributed by atoms with Crippen molar-refractivity contribution in [3.05, 3.63) is 29.8 Å². The number of rotatable bonds is 6. The van der Waals surface area contributed by atoms with Gasteiger partial charge in [-0.2, -0.15) is 11.8 Å². The summed E-state index contributed by atoms with van der Waals surface area (Å²) >= 11 is 6.80. The van der Waals surface area contributed by atoms with Gasteiger partial charge in [0.15, 0.2) is 0 Å². The Kier molecular flexibility index (Phi) is 5.63. The lowest BCUT2D eigenvalue weighted by Gasteiger charge is -2.19. The molecule has 0 saturated heterocycles. The highest BCUT2D eigenvalue weighted by Gasteiger charge is 2.01. The van der Waals surface area contributed by atoms with Crippen LogP contribution >= 0.6 is 24.0 Å². The fraction of sp³-hybridized carbons (Fsp3) is 0.417. The van der Waals surface area contributed by atoms with Crippen molar-refractivity contribution < 1.29 is 0 Å². The van der Waals surface area contributed by atoms with Gasteiger partial charge < -0.3 is 10.6 Å². The third-order valence-corrected chi connectivity index (χ3v) is 3.37. The number of thioether (sulfide) groups is 1. The summed E-state index contributed by atoms with van der Waals surface area (Å²) in [5, 5.41) is 0. The number of nitrogens with zero attached hydrogens (tertiary/aromatic N) is 1. The number of thiocarbonyl (C=S) groups is 1. The summed E-state index contributed by atoms with van der Waals surface area (Å²) in [7, 11) is 2.11. The number of benzene rings is 1. The van der Waals surface area contributed by atoms with Crippen molar-refractivity contribution in [1.29, 1.82) is 0 Å². The molecule has 2 nitrogen and oxygen atoms in total. The van der Waals surface area contributed by atoms with Crippen LogP contribution < -0.4 is 10.6 Å². The van der Waals surface area contributed by atoms with Crippen molar-refractivity contribution >= 4 is 34.7 Å². The Labute approximate surface area is 107 Å². The van der Waals surface area contributed by atoms with Gasteiger partial charge in [0.1, 0.15) is 4.99 Å². The molecule has 2 N–H and O–H groups in total. The first-order valence-electron chi connectivity index (χ1n) is 5.25. The van der Waals surface area contributed by atoms with E-state index in [-0.39, 0.29) is 0 Å². The van der Waals surface area contributed by atoms with Gasteiger partial charge in [-0.05, 0) is 42.7 Å². The van der Waals surface area contributed by atoms with E-state index in [0.717, 1.165) is 12.1 Å². The molecule has 4 heteroatoms. The van der Waals surface area contributed by atoms with E-state index in [4.69, 9.17) is 18.0 Å². The molecular formula is C12H18N2S2. The van der Waals surface area contributed by atoms with E-state index in [1.54, 1.807) is 0 Å². The van der Waals surface area contributed by atoms with Crippen molar-refractivity contribution in [1.82, 2.24) is 0 Å².